The van der Waals surface area contributed by atoms with E-state index in [9.17, 15) is 47.9 Å². The van der Waals surface area contributed by atoms with Crippen molar-refractivity contribution in [2.45, 2.75) is 34.6 Å². The van der Waals surface area contributed by atoms with Gasteiger partial charge in [0, 0.05) is 122 Å². The fourth-order valence-corrected chi connectivity index (χ4v) is 7.29. The molecule has 10 aromatic heterocycles. The molecule has 11 aromatic rings. The number of aromatic nitrogens is 20. The van der Waals surface area contributed by atoms with Crippen LogP contribution in [0.25, 0.3) is 33.5 Å². The van der Waals surface area contributed by atoms with Gasteiger partial charge in [-0.05, 0) is 39.0 Å². The zero-order valence-electron chi connectivity index (χ0n) is 54.5. The van der Waals surface area contributed by atoms with Gasteiger partial charge >= 0.3 is 22.8 Å². The van der Waals surface area contributed by atoms with Gasteiger partial charge in [0.1, 0.15) is 35.1 Å². The molecule has 0 atom stereocenters. The third kappa shape index (κ3) is 20.6. The number of carbonyl (C=O) groups excluding carboxylic acids is 3. The van der Waals surface area contributed by atoms with E-state index >= 15 is 0 Å². The first-order valence-electron chi connectivity index (χ1n) is 28.1. The van der Waals surface area contributed by atoms with Crippen molar-refractivity contribution in [2.75, 3.05) is 40.6 Å². The van der Waals surface area contributed by atoms with Crippen molar-refractivity contribution < 1.29 is 14.4 Å². The van der Waals surface area contributed by atoms with Crippen LogP contribution < -0.4 is 78.3 Å². The van der Waals surface area contributed by atoms with Crippen LogP contribution in [0.2, 0.25) is 0 Å². The molecule has 0 saturated carbocycles. The molecule has 1 aliphatic rings. The number of aromatic amines is 3. The maximum absolute atomic E-state index is 11.9. The first kappa shape index (κ1) is 73.4. The van der Waals surface area contributed by atoms with Gasteiger partial charge in [-0.15, -0.1) is 0 Å². The molecule has 38 heteroatoms. The van der Waals surface area contributed by atoms with Crippen molar-refractivity contribution in [3.8, 4) is 0 Å². The fraction of sp³-hybridized carbons (Fsp3) is 0.241. The Balaban J connectivity index is 0.000000201. The Hall–Kier alpha value is -13.3. The summed E-state index contributed by atoms with van der Waals surface area (Å²) < 4.78 is 10.5. The molecule has 1 aliphatic heterocycles. The molecule has 0 unspecified atom stereocenters. The Kier molecular flexibility index (Phi) is 25.3. The van der Waals surface area contributed by atoms with Crippen molar-refractivity contribution in [2.24, 2.45) is 55.3 Å². The summed E-state index contributed by atoms with van der Waals surface area (Å²) in [5.74, 6) is 1.39. The second kappa shape index (κ2) is 33.1. The van der Waals surface area contributed by atoms with Crippen molar-refractivity contribution in [1.82, 2.24) is 107 Å². The molecule has 1 aromatic carbocycles. The zero-order valence-corrected chi connectivity index (χ0v) is 54.5. The van der Waals surface area contributed by atoms with Gasteiger partial charge in [0.2, 0.25) is 17.8 Å². The summed E-state index contributed by atoms with van der Waals surface area (Å²) in [4.78, 5) is 158. The lowest BCUT2D eigenvalue weighted by atomic mass is 10.2. The van der Waals surface area contributed by atoms with E-state index in [0.717, 1.165) is 16.8 Å². The lowest BCUT2D eigenvalue weighted by molar-refractivity contribution is -0.119. The number of imidazole rings is 3. The summed E-state index contributed by atoms with van der Waals surface area (Å²) in [6.07, 6.45) is 15.6. The maximum Gasteiger partial charge on any atom is 0.349 e. The second-order valence-corrected chi connectivity index (χ2v) is 20.8. The van der Waals surface area contributed by atoms with Gasteiger partial charge in [-0.25, -0.2) is 44.1 Å². The number of nitrogens with zero attached hydrogens (tertiary/aromatic N) is 18. The lowest BCUT2D eigenvalue weighted by Crippen LogP contribution is -2.32. The van der Waals surface area contributed by atoms with Gasteiger partial charge in [0.05, 0.1) is 19.0 Å². The summed E-state index contributed by atoms with van der Waals surface area (Å²) in [7, 11) is 13.6. The van der Waals surface area contributed by atoms with Crippen LogP contribution in [-0.4, -0.2) is 126 Å². The molecule has 12 rings (SSSR count). The van der Waals surface area contributed by atoms with Crippen molar-refractivity contribution in [3.63, 3.8) is 0 Å². The lowest BCUT2D eigenvalue weighted by Gasteiger charge is -2.20. The van der Waals surface area contributed by atoms with Gasteiger partial charge in [-0.1, -0.05) is 38.6 Å². The highest BCUT2D eigenvalue weighted by Crippen LogP contribution is 2.13. The average molecular weight is 1320 g/mol. The van der Waals surface area contributed by atoms with E-state index < -0.39 is 5.69 Å². The highest BCUT2D eigenvalue weighted by molar-refractivity contribution is 6.04. The third-order valence-electron chi connectivity index (χ3n) is 12.7. The summed E-state index contributed by atoms with van der Waals surface area (Å²) in [5.41, 5.74) is 24.6. The standard InChI is InChI=1S/C13H13N3O2.C10H13N5O2.C6H7N5O.C6H7N5.C6H9N3O.C6H8N2O2.C6H8N2O.C5H7N3O/c1-9-8-16(2)13(18)15-11(9)14-12(17)10-6-4-3-5-7-10;1-5(2)8(16)13-10-12-7-6(9(17)14-10)11-4-15(7)3;1-11-2-8-3-4(11)9-6(7)10-5(3)12;1-11-3-10-4-5(7)8-2-9-6(4)11;1-4-3-9(2)6(10)8-5(4)7;1-4-3-8(2)6(10)7-5(4)9;1-5-7-6(9)3-4-8(5)2;1-8-3-2-4(6)7-5(8)9/h3-8H,1-2H3,(H,14,15,17,18);4-5H,1-3H3,(H2,12,13,14,16,17);2H,1H3,(H3,7,9,10,12);2-3H,1H3,(H2,7,8,9);3H,1-2H3,(H2,7,8,10);3H,1-2H3,(H,7,9,10);3-4H,1H2,2H3,(H,7,9);2-3H,1H3,(H2,6,7,9). The average Bonchev–Trinajstić information content (AvgIpc) is 1.67. The van der Waals surface area contributed by atoms with Crippen LogP contribution in [0.15, 0.2) is 145 Å². The number of hydrogen-bond donors (Lipinski definition) is 10. The number of amides is 3. The minimum absolute atomic E-state index is 0.108. The molecular formula is C58H72N28O10. The Bertz CT molecular complexity index is 5050. The Morgan fingerprint density at radius 1 is 0.531 bits per heavy atom. The summed E-state index contributed by atoms with van der Waals surface area (Å²) >= 11 is 0. The molecule has 0 aliphatic carbocycles. The third-order valence-corrected chi connectivity index (χ3v) is 12.7. The molecule has 96 heavy (non-hydrogen) atoms. The molecule has 38 nitrogen and oxygen atoms in total. The van der Waals surface area contributed by atoms with Crippen LogP contribution >= 0.6 is 0 Å². The molecule has 504 valence electrons. The fourth-order valence-electron chi connectivity index (χ4n) is 7.29. The van der Waals surface area contributed by atoms with E-state index in [1.54, 1.807) is 150 Å². The molecule has 0 saturated heterocycles. The zero-order chi connectivity index (χ0) is 71.4. The van der Waals surface area contributed by atoms with E-state index in [-0.39, 0.29) is 80.6 Å². The van der Waals surface area contributed by atoms with E-state index in [0.29, 0.717) is 56.7 Å². The summed E-state index contributed by atoms with van der Waals surface area (Å²) in [6.45, 7) is 12.4. The number of fused-ring (bicyclic) bond motifs is 3. The van der Waals surface area contributed by atoms with Crippen molar-refractivity contribution >= 4 is 86.4 Å². The SMILES string of the molecule is C=C1NC(=O)C=CN1C.CC(C)C(=O)Nc1nc2c(ncn2C)c(=O)[nH]1.Cc1cn(C)c(=O)[nH]c1=O.Cc1cn(C)c(=O)nc1N.Cc1cn(C)c(=O)nc1NC(=O)c1ccccc1.Cn1ccc(N)nc1=O.Cn1cnc2c(=O)[nH]c(N)nc21.Cn1cnc2c(N)ncnc21. The van der Waals surface area contributed by atoms with Crippen LogP contribution in [0.1, 0.15) is 40.9 Å². The molecule has 0 fully saturated rings. The number of nitrogens with one attached hydrogen (secondary N) is 6. The molecule has 0 radical (unpaired) electrons. The minimum Gasteiger partial charge on any atom is -0.383 e. The number of aryl methyl sites for hydroxylation is 10. The Morgan fingerprint density at radius 2 is 1.07 bits per heavy atom. The van der Waals surface area contributed by atoms with Crippen LogP contribution in [0.5, 0.6) is 0 Å². The summed E-state index contributed by atoms with van der Waals surface area (Å²) in [5, 5.41) is 7.71. The number of hydrogen-bond acceptors (Lipinski definition) is 25. The predicted octanol–water partition coefficient (Wildman–Crippen LogP) is -0.775. The van der Waals surface area contributed by atoms with Gasteiger partial charge in [0.25, 0.3) is 28.5 Å². The van der Waals surface area contributed by atoms with Gasteiger partial charge in [0.15, 0.2) is 33.8 Å². The molecular weight excluding hydrogens is 1250 g/mol. The van der Waals surface area contributed by atoms with Crippen molar-refractivity contribution in [3.05, 3.63) is 206 Å². The first-order valence-corrected chi connectivity index (χ1v) is 28.1. The molecule has 14 N–H and O–H groups in total. The quantitative estimate of drug-likeness (QED) is 0.103. The van der Waals surface area contributed by atoms with Gasteiger partial charge in [-0.2, -0.15) is 24.9 Å². The maximum atomic E-state index is 11.9. The normalized spacial score (nSPS) is 11.0. The van der Waals surface area contributed by atoms with E-state index in [1.165, 1.54) is 49.5 Å². The highest BCUT2D eigenvalue weighted by atomic mass is 16.2. The van der Waals surface area contributed by atoms with Crippen LogP contribution in [-0.2, 0) is 58.9 Å². The molecule has 11 heterocycles. The number of H-pyrrole nitrogens is 3. The monoisotopic (exact) mass is 1320 g/mol. The van der Waals surface area contributed by atoms with E-state index in [4.69, 9.17) is 22.9 Å². The van der Waals surface area contributed by atoms with Crippen LogP contribution in [0.3, 0.4) is 0 Å². The van der Waals surface area contributed by atoms with Crippen LogP contribution in [0.4, 0.5) is 35.2 Å². The molecule has 3 amide bonds. The minimum atomic E-state index is -0.399. The first-order chi connectivity index (χ1) is 45.1. The van der Waals surface area contributed by atoms with Gasteiger partial charge < -0.3 is 70.4 Å². The smallest absolute Gasteiger partial charge is 0.349 e. The topological polar surface area (TPSA) is 525 Å². The highest BCUT2D eigenvalue weighted by Gasteiger charge is 2.14. The number of nitrogens with two attached hydrogens (primary N) is 4. The Morgan fingerprint density at radius 3 is 1.61 bits per heavy atom. The Labute approximate surface area is 542 Å². The number of nitrogen functional groups attached to an aromatic ring is 4. The number of carbonyl (C=O) groups is 3. The van der Waals surface area contributed by atoms with E-state index in [1.807, 2.05) is 27.1 Å². The van der Waals surface area contributed by atoms with Crippen molar-refractivity contribution in [1.29, 1.82) is 0 Å². The molecule has 0 bridgehead atoms. The largest absolute Gasteiger partial charge is 0.383 e. The van der Waals surface area contributed by atoms with Gasteiger partial charge in [-0.3, -0.25) is 49.0 Å². The van der Waals surface area contributed by atoms with E-state index in [2.05, 4.69) is 87.3 Å². The number of rotatable bonds is 4. The summed E-state index contributed by atoms with van der Waals surface area (Å²) in [6, 6.07) is 10.4. The second-order valence-electron chi connectivity index (χ2n) is 20.8. The van der Waals surface area contributed by atoms with Crippen LogP contribution in [0, 0.1) is 26.7 Å². The predicted molar refractivity (Wildman–Crippen MR) is 359 cm³/mol. The molecule has 0 spiro atoms. The number of anilines is 6. The number of benzene rings is 1.